The molecular weight excluding hydrogens is 386 g/mol. The third kappa shape index (κ3) is 5.66. The summed E-state index contributed by atoms with van der Waals surface area (Å²) in [6.45, 7) is 2.07. The Labute approximate surface area is 184 Å². The Morgan fingerprint density at radius 2 is 1.55 bits per heavy atom. The van der Waals surface area contributed by atoms with E-state index in [2.05, 4.69) is 30.3 Å². The molecule has 1 aliphatic rings. The largest absolute Gasteiger partial charge is 0.497 e. The third-order valence-corrected chi connectivity index (χ3v) is 5.91. The van der Waals surface area contributed by atoms with Gasteiger partial charge in [0.1, 0.15) is 18.1 Å². The minimum absolute atomic E-state index is 0.115. The molecule has 3 aromatic carbocycles. The zero-order valence-electron chi connectivity index (χ0n) is 18.0. The fourth-order valence-electron chi connectivity index (χ4n) is 4.10. The Balaban J connectivity index is 1.30. The summed E-state index contributed by atoms with van der Waals surface area (Å²) in [6.07, 6.45) is 3.21. The van der Waals surface area contributed by atoms with Gasteiger partial charge in [-0.2, -0.15) is 0 Å². The topological polar surface area (TPSA) is 38.8 Å². The smallest absolute Gasteiger partial charge is 0.253 e. The Kier molecular flexibility index (Phi) is 6.88. The van der Waals surface area contributed by atoms with Gasteiger partial charge in [-0.05, 0) is 72.7 Å². The highest BCUT2D eigenvalue weighted by atomic mass is 16.5. The minimum Gasteiger partial charge on any atom is -0.497 e. The summed E-state index contributed by atoms with van der Waals surface area (Å²) in [6, 6.07) is 25.9. The average Bonchev–Trinajstić information content (AvgIpc) is 2.84. The summed E-state index contributed by atoms with van der Waals surface area (Å²) in [4.78, 5) is 15.0. The molecule has 0 unspecified atom stereocenters. The summed E-state index contributed by atoms with van der Waals surface area (Å²) < 4.78 is 11.0. The first kappa shape index (κ1) is 21.0. The van der Waals surface area contributed by atoms with Crippen LogP contribution in [0, 0.1) is 5.92 Å². The average molecular weight is 416 g/mol. The number of rotatable bonds is 7. The van der Waals surface area contributed by atoms with Gasteiger partial charge in [0.15, 0.2) is 0 Å². The van der Waals surface area contributed by atoms with Gasteiger partial charge in [0.2, 0.25) is 0 Å². The molecule has 1 heterocycles. The van der Waals surface area contributed by atoms with E-state index >= 15 is 0 Å². The van der Waals surface area contributed by atoms with Crippen LogP contribution in [-0.2, 0) is 13.0 Å². The molecule has 0 atom stereocenters. The quantitative estimate of drug-likeness (QED) is 0.521. The maximum atomic E-state index is 13.0. The van der Waals surface area contributed by atoms with Gasteiger partial charge in [-0.25, -0.2) is 0 Å². The standard InChI is InChI=1S/C27H29NO3/c1-30-25-10-12-26(13-11-25)31-20-23-8-5-9-24(19-23)27(29)28-16-14-22(15-17-28)18-21-6-3-2-4-7-21/h2-13,19,22H,14-18,20H2,1H3. The molecule has 4 heteroatoms. The molecule has 1 fully saturated rings. The molecule has 3 aromatic rings. The van der Waals surface area contributed by atoms with Crippen LogP contribution in [-0.4, -0.2) is 31.0 Å². The molecule has 1 saturated heterocycles. The van der Waals surface area contributed by atoms with Crippen LogP contribution in [0.2, 0.25) is 0 Å². The number of carbonyl (C=O) groups is 1. The van der Waals surface area contributed by atoms with Crippen LogP contribution in [0.1, 0.15) is 34.3 Å². The number of amides is 1. The van der Waals surface area contributed by atoms with Gasteiger partial charge in [0.25, 0.3) is 5.91 Å². The normalized spacial score (nSPS) is 14.3. The van der Waals surface area contributed by atoms with Gasteiger partial charge in [0.05, 0.1) is 7.11 Å². The fourth-order valence-corrected chi connectivity index (χ4v) is 4.10. The van der Waals surface area contributed by atoms with Gasteiger partial charge in [-0.15, -0.1) is 0 Å². The monoisotopic (exact) mass is 415 g/mol. The summed E-state index contributed by atoms with van der Waals surface area (Å²) in [5, 5.41) is 0. The van der Waals surface area contributed by atoms with E-state index in [1.54, 1.807) is 7.11 Å². The zero-order chi connectivity index (χ0) is 21.5. The van der Waals surface area contributed by atoms with Gasteiger partial charge >= 0.3 is 0 Å². The van der Waals surface area contributed by atoms with E-state index in [0.29, 0.717) is 12.5 Å². The first-order valence-corrected chi connectivity index (χ1v) is 10.9. The molecule has 1 amide bonds. The van der Waals surface area contributed by atoms with Crippen molar-refractivity contribution < 1.29 is 14.3 Å². The molecule has 0 N–H and O–H groups in total. The molecule has 1 aliphatic heterocycles. The van der Waals surface area contributed by atoms with Crippen molar-refractivity contribution in [3.05, 3.63) is 95.6 Å². The van der Waals surface area contributed by atoms with Gasteiger partial charge < -0.3 is 14.4 Å². The first-order valence-electron chi connectivity index (χ1n) is 10.9. The van der Waals surface area contributed by atoms with Crippen LogP contribution < -0.4 is 9.47 Å². The van der Waals surface area contributed by atoms with Crippen molar-refractivity contribution in [2.24, 2.45) is 5.92 Å². The Morgan fingerprint density at radius 3 is 2.26 bits per heavy atom. The van der Waals surface area contributed by atoms with E-state index in [1.165, 1.54) is 5.56 Å². The molecular formula is C27H29NO3. The highest BCUT2D eigenvalue weighted by Gasteiger charge is 2.24. The lowest BCUT2D eigenvalue weighted by molar-refractivity contribution is 0.0690. The molecule has 0 spiro atoms. The number of nitrogens with zero attached hydrogens (tertiary/aromatic N) is 1. The Bertz CT molecular complexity index is 977. The van der Waals surface area contributed by atoms with Crippen molar-refractivity contribution in [1.29, 1.82) is 0 Å². The maximum Gasteiger partial charge on any atom is 0.253 e. The second kappa shape index (κ2) is 10.2. The number of hydrogen-bond acceptors (Lipinski definition) is 3. The van der Waals surface area contributed by atoms with Crippen molar-refractivity contribution in [2.75, 3.05) is 20.2 Å². The van der Waals surface area contributed by atoms with Crippen LogP contribution >= 0.6 is 0 Å². The second-order valence-corrected chi connectivity index (χ2v) is 8.09. The van der Waals surface area contributed by atoms with Crippen molar-refractivity contribution in [3.8, 4) is 11.5 Å². The molecule has 0 saturated carbocycles. The fraction of sp³-hybridized carbons (Fsp3) is 0.296. The molecule has 0 aromatic heterocycles. The lowest BCUT2D eigenvalue weighted by atomic mass is 9.90. The van der Waals surface area contributed by atoms with Crippen LogP contribution in [0.15, 0.2) is 78.9 Å². The SMILES string of the molecule is COc1ccc(OCc2cccc(C(=O)N3CCC(Cc4ccccc4)CC3)c2)cc1. The molecule has 4 nitrogen and oxygen atoms in total. The van der Waals surface area contributed by atoms with E-state index in [1.807, 2.05) is 53.4 Å². The van der Waals surface area contributed by atoms with Crippen molar-refractivity contribution in [3.63, 3.8) is 0 Å². The minimum atomic E-state index is 0.115. The highest BCUT2D eigenvalue weighted by Crippen LogP contribution is 2.23. The van der Waals surface area contributed by atoms with E-state index in [-0.39, 0.29) is 5.91 Å². The van der Waals surface area contributed by atoms with Crippen molar-refractivity contribution >= 4 is 5.91 Å². The number of hydrogen-bond donors (Lipinski definition) is 0. The van der Waals surface area contributed by atoms with E-state index in [9.17, 15) is 4.79 Å². The summed E-state index contributed by atoms with van der Waals surface area (Å²) in [7, 11) is 1.64. The van der Waals surface area contributed by atoms with Crippen LogP contribution in [0.4, 0.5) is 0 Å². The highest BCUT2D eigenvalue weighted by molar-refractivity contribution is 5.94. The molecule has 0 aliphatic carbocycles. The maximum absolute atomic E-state index is 13.0. The molecule has 31 heavy (non-hydrogen) atoms. The molecule has 160 valence electrons. The van der Waals surface area contributed by atoms with Gasteiger partial charge in [-0.1, -0.05) is 42.5 Å². The molecule has 4 rings (SSSR count). The summed E-state index contributed by atoms with van der Waals surface area (Å²) in [5.74, 6) is 2.34. The lowest BCUT2D eigenvalue weighted by Crippen LogP contribution is -2.38. The van der Waals surface area contributed by atoms with Crippen molar-refractivity contribution in [1.82, 2.24) is 4.90 Å². The van der Waals surface area contributed by atoms with Gasteiger partial charge in [-0.3, -0.25) is 4.79 Å². The van der Waals surface area contributed by atoms with Crippen LogP contribution in [0.25, 0.3) is 0 Å². The number of benzene rings is 3. The number of likely N-dealkylation sites (tertiary alicyclic amines) is 1. The predicted octanol–water partition coefficient (Wildman–Crippen LogP) is 5.37. The van der Waals surface area contributed by atoms with E-state index in [0.717, 1.165) is 55.0 Å². The molecule has 0 radical (unpaired) electrons. The van der Waals surface area contributed by atoms with E-state index in [4.69, 9.17) is 9.47 Å². The van der Waals surface area contributed by atoms with Crippen LogP contribution in [0.5, 0.6) is 11.5 Å². The van der Waals surface area contributed by atoms with Gasteiger partial charge in [0, 0.05) is 18.7 Å². The van der Waals surface area contributed by atoms with E-state index < -0.39 is 0 Å². The summed E-state index contributed by atoms with van der Waals surface area (Å²) >= 11 is 0. The Hall–Kier alpha value is -3.27. The lowest BCUT2D eigenvalue weighted by Gasteiger charge is -2.32. The number of carbonyl (C=O) groups excluding carboxylic acids is 1. The Morgan fingerprint density at radius 1 is 0.871 bits per heavy atom. The second-order valence-electron chi connectivity index (χ2n) is 8.09. The number of piperidine rings is 1. The number of ether oxygens (including phenoxy) is 2. The van der Waals surface area contributed by atoms with Crippen molar-refractivity contribution in [2.45, 2.75) is 25.9 Å². The predicted molar refractivity (Wildman–Crippen MR) is 123 cm³/mol. The molecule has 0 bridgehead atoms. The number of methoxy groups -OCH3 is 1. The third-order valence-electron chi connectivity index (χ3n) is 5.91. The van der Waals surface area contributed by atoms with Crippen LogP contribution in [0.3, 0.4) is 0 Å². The summed E-state index contributed by atoms with van der Waals surface area (Å²) in [5.41, 5.74) is 3.11. The zero-order valence-corrected chi connectivity index (χ0v) is 18.0. The first-order chi connectivity index (χ1) is 15.2.